The first-order valence-corrected chi connectivity index (χ1v) is 12.1. The molecule has 0 aliphatic carbocycles. The third-order valence-electron chi connectivity index (χ3n) is 4.68. The minimum absolute atomic E-state index is 0.444. The number of nitrogens with zero attached hydrogens (tertiary/aromatic N) is 3. The van der Waals surface area contributed by atoms with Gasteiger partial charge in [0.25, 0.3) is 0 Å². The van der Waals surface area contributed by atoms with E-state index in [1.165, 1.54) is 0 Å². The van der Waals surface area contributed by atoms with Crippen molar-refractivity contribution in [3.63, 3.8) is 0 Å². The van der Waals surface area contributed by atoms with Gasteiger partial charge in [-0.05, 0) is 55.1 Å². The Bertz CT molecular complexity index is 1270. The van der Waals surface area contributed by atoms with Crippen LogP contribution in [0.4, 0.5) is 5.82 Å². The third-order valence-corrected chi connectivity index (χ3v) is 7.61. The minimum atomic E-state index is -2.96. The average Bonchev–Trinajstić information content (AvgIpc) is 3.13. The van der Waals surface area contributed by atoms with Crippen molar-refractivity contribution in [1.82, 2.24) is 9.78 Å². The van der Waals surface area contributed by atoms with Crippen LogP contribution in [0.5, 0.6) is 5.75 Å². The Labute approximate surface area is 179 Å². The molecule has 2 heterocycles. The van der Waals surface area contributed by atoms with Gasteiger partial charge in [0.05, 0.1) is 11.4 Å². The summed E-state index contributed by atoms with van der Waals surface area (Å²) in [4.78, 5) is 4.83. The Balaban J connectivity index is 1.72. The van der Waals surface area contributed by atoms with E-state index in [0.29, 0.717) is 17.5 Å². The van der Waals surface area contributed by atoms with Gasteiger partial charge in [-0.3, -0.25) is 0 Å². The molecule has 1 aromatic heterocycles. The lowest BCUT2D eigenvalue weighted by molar-refractivity contribution is 0.492. The fourth-order valence-corrected chi connectivity index (χ4v) is 6.27. The molecule has 0 radical (unpaired) electrons. The zero-order valence-corrected chi connectivity index (χ0v) is 17.9. The smallest absolute Gasteiger partial charge is 0.326 e. The molecule has 7 heteroatoms. The van der Waals surface area contributed by atoms with E-state index in [2.05, 4.69) is 0 Å². The molecule has 1 aliphatic rings. The van der Waals surface area contributed by atoms with Gasteiger partial charge in [0.1, 0.15) is 11.1 Å². The highest BCUT2D eigenvalue weighted by molar-refractivity contribution is 8.14. The summed E-state index contributed by atoms with van der Waals surface area (Å²) in [5, 5.41) is 5.48. The van der Waals surface area contributed by atoms with E-state index >= 15 is 0 Å². The van der Waals surface area contributed by atoms with Crippen LogP contribution >= 0.6 is 6.49 Å². The van der Waals surface area contributed by atoms with Crippen LogP contribution in [-0.4, -0.2) is 15.7 Å². The van der Waals surface area contributed by atoms with E-state index in [1.54, 1.807) is 0 Å². The first kappa shape index (κ1) is 18.8. The lowest BCUT2D eigenvalue weighted by Crippen LogP contribution is -2.22. The van der Waals surface area contributed by atoms with Crippen LogP contribution < -0.4 is 9.83 Å². The normalized spacial score (nSPS) is 17.6. The molecule has 30 heavy (non-hydrogen) atoms. The summed E-state index contributed by atoms with van der Waals surface area (Å²) in [6.45, 7) is -1.05. The lowest BCUT2D eigenvalue weighted by Gasteiger charge is -2.27. The zero-order chi connectivity index (χ0) is 20.6. The number of aliphatic imine (C=N–C) groups is 1. The monoisotopic (exact) mass is 431 g/mol. The largest absolute Gasteiger partial charge is 0.432 e. The molecular formula is C23H18N3O2PS. The summed E-state index contributed by atoms with van der Waals surface area (Å²) in [6.07, 6.45) is 0. The van der Waals surface area contributed by atoms with E-state index < -0.39 is 6.49 Å². The number of rotatable bonds is 4. The fraction of sp³-hybridized carbons (Fsp3) is 0.0435. The van der Waals surface area contributed by atoms with E-state index in [1.807, 2.05) is 103 Å². The average molecular weight is 431 g/mol. The van der Waals surface area contributed by atoms with Crippen molar-refractivity contribution >= 4 is 35.3 Å². The van der Waals surface area contributed by atoms with E-state index in [-0.39, 0.29) is 0 Å². The third kappa shape index (κ3) is 3.34. The molecule has 1 unspecified atom stereocenters. The highest BCUT2D eigenvalue weighted by Gasteiger charge is 2.39. The van der Waals surface area contributed by atoms with Gasteiger partial charge in [-0.15, -0.1) is 0 Å². The van der Waals surface area contributed by atoms with Gasteiger partial charge in [-0.2, -0.15) is 10.1 Å². The van der Waals surface area contributed by atoms with Crippen LogP contribution in [0.3, 0.4) is 0 Å². The van der Waals surface area contributed by atoms with Gasteiger partial charge in [-0.25, -0.2) is 4.68 Å². The number of fused-ring (bicyclic) bond motifs is 1. The molecule has 5 rings (SSSR count). The Morgan fingerprint density at radius 3 is 2.13 bits per heavy atom. The van der Waals surface area contributed by atoms with E-state index in [0.717, 1.165) is 22.2 Å². The molecule has 0 saturated heterocycles. The summed E-state index contributed by atoms with van der Waals surface area (Å²) in [7, 11) is 0. The van der Waals surface area contributed by atoms with Crippen molar-refractivity contribution in [3.05, 3.63) is 102 Å². The Morgan fingerprint density at radius 1 is 0.867 bits per heavy atom. The maximum absolute atomic E-state index is 6.32. The predicted octanol–water partition coefficient (Wildman–Crippen LogP) is 5.30. The van der Waals surface area contributed by atoms with Gasteiger partial charge in [0.15, 0.2) is 5.82 Å². The van der Waals surface area contributed by atoms with Crippen LogP contribution in [-0.2, 0) is 16.3 Å². The van der Waals surface area contributed by atoms with Gasteiger partial charge in [-0.1, -0.05) is 54.6 Å². The van der Waals surface area contributed by atoms with Crippen molar-refractivity contribution in [2.75, 3.05) is 0 Å². The Kier molecular flexibility index (Phi) is 4.74. The topological polar surface area (TPSA) is 48.6 Å². The number of hydrogen-bond acceptors (Lipinski definition) is 5. The maximum Gasteiger partial charge on any atom is 0.326 e. The second kappa shape index (κ2) is 7.56. The molecule has 0 spiro atoms. The van der Waals surface area contributed by atoms with Crippen molar-refractivity contribution < 1.29 is 9.05 Å². The van der Waals surface area contributed by atoms with Gasteiger partial charge in [0.2, 0.25) is 5.90 Å². The van der Waals surface area contributed by atoms with Gasteiger partial charge < -0.3 is 9.05 Å². The van der Waals surface area contributed by atoms with Crippen LogP contribution in [0.15, 0.2) is 96.0 Å². The second-order valence-electron chi connectivity index (χ2n) is 6.78. The number of para-hydroxylation sites is 2. The number of aromatic nitrogens is 2. The van der Waals surface area contributed by atoms with Crippen LogP contribution in [0.2, 0.25) is 0 Å². The molecule has 0 bridgehead atoms. The van der Waals surface area contributed by atoms with E-state index in [4.69, 9.17) is 30.9 Å². The molecule has 4 aromatic rings. The first-order valence-electron chi connectivity index (χ1n) is 9.48. The lowest BCUT2D eigenvalue weighted by atomic mass is 10.2. The van der Waals surface area contributed by atoms with Crippen LogP contribution in [0.25, 0.3) is 5.69 Å². The molecule has 0 saturated carbocycles. The molecule has 1 aliphatic heterocycles. The SMILES string of the molecule is Cc1nn(-c2ccccc2)c2c1P(=S)(Oc1ccccc1)OC(c1ccccc1)=N2. The highest BCUT2D eigenvalue weighted by Crippen LogP contribution is 2.54. The molecular weight excluding hydrogens is 413 g/mol. The Hall–Kier alpha value is -3.21. The van der Waals surface area contributed by atoms with Crippen LogP contribution in [0.1, 0.15) is 11.3 Å². The summed E-state index contributed by atoms with van der Waals surface area (Å²) < 4.78 is 14.5. The number of aryl methyl sites for hydroxylation is 1. The zero-order valence-electron chi connectivity index (χ0n) is 16.2. The standard InChI is InChI=1S/C23H18N3O2PS/c1-17-21-22(26(25-17)19-13-7-3-8-14-19)24-23(18-11-5-2-6-12-18)28-29(21,30)27-20-15-9-4-10-16-20/h2-16H,1H3. The predicted molar refractivity (Wildman–Crippen MR) is 123 cm³/mol. The van der Waals surface area contributed by atoms with Crippen molar-refractivity contribution in [1.29, 1.82) is 0 Å². The second-order valence-corrected chi connectivity index (χ2v) is 10.0. The molecule has 0 fully saturated rings. The molecule has 148 valence electrons. The van der Waals surface area contributed by atoms with Crippen molar-refractivity contribution in [2.45, 2.75) is 6.92 Å². The van der Waals surface area contributed by atoms with Crippen molar-refractivity contribution in [3.8, 4) is 11.4 Å². The summed E-state index contributed by atoms with van der Waals surface area (Å²) in [6, 6.07) is 29.1. The summed E-state index contributed by atoms with van der Waals surface area (Å²) >= 11 is 6.05. The molecule has 1 atom stereocenters. The van der Waals surface area contributed by atoms with E-state index in [9.17, 15) is 0 Å². The molecule has 0 N–H and O–H groups in total. The quantitative estimate of drug-likeness (QED) is 0.411. The molecule has 0 amide bonds. The minimum Gasteiger partial charge on any atom is -0.432 e. The fourth-order valence-electron chi connectivity index (χ4n) is 3.34. The summed E-state index contributed by atoms with van der Waals surface area (Å²) in [5.74, 6) is 1.76. The van der Waals surface area contributed by atoms with Gasteiger partial charge in [0, 0.05) is 5.56 Å². The molecule has 3 aromatic carbocycles. The van der Waals surface area contributed by atoms with Gasteiger partial charge >= 0.3 is 6.49 Å². The van der Waals surface area contributed by atoms with Crippen LogP contribution in [0, 0.1) is 6.92 Å². The highest BCUT2D eigenvalue weighted by atomic mass is 32.5. The number of benzene rings is 3. The van der Waals surface area contributed by atoms with Crippen molar-refractivity contribution in [2.24, 2.45) is 4.99 Å². The number of hydrogen-bond donors (Lipinski definition) is 0. The Morgan fingerprint density at radius 2 is 1.47 bits per heavy atom. The maximum atomic E-state index is 6.32. The molecule has 5 nitrogen and oxygen atoms in total. The summed E-state index contributed by atoms with van der Waals surface area (Å²) in [5.41, 5.74) is 2.50. The first-order chi connectivity index (χ1) is 14.6.